The van der Waals surface area contributed by atoms with Gasteiger partial charge in [0.15, 0.2) is 0 Å². The summed E-state index contributed by atoms with van der Waals surface area (Å²) in [5.74, 6) is 0. The van der Waals surface area contributed by atoms with Crippen molar-refractivity contribution in [3.05, 3.63) is 17.2 Å². The lowest BCUT2D eigenvalue weighted by Crippen LogP contribution is -2.44. The van der Waals surface area contributed by atoms with E-state index in [-0.39, 0.29) is 0 Å². The quantitative estimate of drug-likeness (QED) is 0.247. The van der Waals surface area contributed by atoms with Crippen molar-refractivity contribution in [2.45, 2.75) is 117 Å². The molecular formula is C23H45PSi2. The van der Waals surface area contributed by atoms with Crippen molar-refractivity contribution in [2.24, 2.45) is 0 Å². The Bertz CT molecular complexity index is 493. The molecule has 0 unspecified atom stereocenters. The van der Waals surface area contributed by atoms with E-state index in [2.05, 4.69) is 59.2 Å². The third-order valence-electron chi connectivity index (χ3n) is 5.20. The molecule has 1 rings (SSSR count). The highest BCUT2D eigenvalue weighted by molar-refractivity contribution is 7.49. The van der Waals surface area contributed by atoms with Crippen LogP contribution >= 0.6 is 8.19 Å². The SMILES string of the molecule is CCCCCCc1cc(CCCCCC)c([Si](C)(C)C)pc1[Si](C)(C)C. The van der Waals surface area contributed by atoms with E-state index in [0.29, 0.717) is 0 Å². The second-order valence-corrected chi connectivity index (χ2v) is 22.1. The second kappa shape index (κ2) is 11.2. The Hall–Kier alpha value is 0.0838. The fourth-order valence-electron chi connectivity index (χ4n) is 3.77. The maximum absolute atomic E-state index is 2.69. The molecule has 150 valence electrons. The molecule has 0 aliphatic rings. The van der Waals surface area contributed by atoms with E-state index in [1.165, 1.54) is 64.2 Å². The van der Waals surface area contributed by atoms with Crippen LogP contribution in [0.5, 0.6) is 0 Å². The van der Waals surface area contributed by atoms with Gasteiger partial charge < -0.3 is 0 Å². The monoisotopic (exact) mass is 408 g/mol. The molecule has 0 radical (unpaired) electrons. The Balaban J connectivity index is 3.19. The van der Waals surface area contributed by atoms with Crippen LogP contribution < -0.4 is 9.84 Å². The predicted molar refractivity (Wildman–Crippen MR) is 131 cm³/mol. The van der Waals surface area contributed by atoms with Crippen LogP contribution in [0.4, 0.5) is 0 Å². The first kappa shape index (κ1) is 24.1. The third-order valence-corrected chi connectivity index (χ3v) is 14.4. The molecule has 0 fully saturated rings. The Morgan fingerprint density at radius 1 is 0.615 bits per heavy atom. The summed E-state index contributed by atoms with van der Waals surface area (Å²) in [6, 6.07) is 2.69. The van der Waals surface area contributed by atoms with Crippen LogP contribution in [0.25, 0.3) is 0 Å². The van der Waals surface area contributed by atoms with Gasteiger partial charge in [-0.1, -0.05) is 106 Å². The van der Waals surface area contributed by atoms with Gasteiger partial charge in [-0.2, -0.15) is 0 Å². The van der Waals surface area contributed by atoms with Crippen LogP contribution in [-0.4, -0.2) is 16.1 Å². The van der Waals surface area contributed by atoms with Gasteiger partial charge in [0.1, 0.15) is 0 Å². The first-order valence-electron chi connectivity index (χ1n) is 11.1. The van der Waals surface area contributed by atoms with E-state index < -0.39 is 16.1 Å². The minimum atomic E-state index is -1.26. The predicted octanol–water partition coefficient (Wildman–Crippen LogP) is 7.60. The third kappa shape index (κ3) is 7.99. The highest BCUT2D eigenvalue weighted by atomic mass is 31.0. The Morgan fingerprint density at radius 2 is 1.00 bits per heavy atom. The van der Waals surface area contributed by atoms with Gasteiger partial charge in [-0.05, 0) is 46.6 Å². The van der Waals surface area contributed by atoms with Gasteiger partial charge in [0.05, 0.1) is 16.1 Å². The summed E-state index contributed by atoms with van der Waals surface area (Å²) in [5.41, 5.74) is 3.49. The van der Waals surface area contributed by atoms with Crippen molar-refractivity contribution >= 4 is 34.2 Å². The van der Waals surface area contributed by atoms with Gasteiger partial charge in [0.2, 0.25) is 0 Å². The molecule has 0 saturated carbocycles. The molecule has 0 nitrogen and oxygen atoms in total. The van der Waals surface area contributed by atoms with E-state index in [0.717, 1.165) is 0 Å². The van der Waals surface area contributed by atoms with Crippen LogP contribution in [0.3, 0.4) is 0 Å². The number of unbranched alkanes of at least 4 members (excludes halogenated alkanes) is 6. The van der Waals surface area contributed by atoms with Gasteiger partial charge in [-0.15, -0.1) is 0 Å². The van der Waals surface area contributed by atoms with Crippen molar-refractivity contribution in [1.29, 1.82) is 0 Å². The summed E-state index contributed by atoms with van der Waals surface area (Å²) < 4.78 is 0. The van der Waals surface area contributed by atoms with E-state index in [4.69, 9.17) is 0 Å². The molecule has 0 aromatic carbocycles. The molecule has 0 N–H and O–H groups in total. The minimum absolute atomic E-state index is 1.26. The van der Waals surface area contributed by atoms with Crippen molar-refractivity contribution in [3.8, 4) is 0 Å². The lowest BCUT2D eigenvalue weighted by Gasteiger charge is -2.28. The largest absolute Gasteiger partial charge is 0.0838 e. The van der Waals surface area contributed by atoms with E-state index in [1.807, 2.05) is 9.84 Å². The van der Waals surface area contributed by atoms with E-state index in [1.54, 1.807) is 19.3 Å². The molecule has 1 aromatic heterocycles. The Kier molecular flexibility index (Phi) is 10.4. The van der Waals surface area contributed by atoms with Crippen LogP contribution in [-0.2, 0) is 12.8 Å². The van der Waals surface area contributed by atoms with Crippen LogP contribution in [0.15, 0.2) is 6.07 Å². The van der Waals surface area contributed by atoms with Gasteiger partial charge in [-0.3, -0.25) is 0 Å². The highest BCUT2D eigenvalue weighted by Crippen LogP contribution is 2.23. The zero-order valence-corrected chi connectivity index (χ0v) is 22.0. The molecule has 0 saturated heterocycles. The molecule has 0 atom stereocenters. The zero-order valence-electron chi connectivity index (χ0n) is 19.1. The standard InChI is InChI=1S/C23H45PSi2/c1-9-11-13-15-17-20-19-21(18-16-14-12-10-2)23(26(6,7)8)24-22(20)25(3,4)5/h19H,9-18H2,1-8H3. The molecule has 0 bridgehead atoms. The molecule has 26 heavy (non-hydrogen) atoms. The smallest absolute Gasteiger partial charge is 0.0779 e. The molecular weight excluding hydrogens is 363 g/mol. The normalized spacial score (nSPS) is 12.6. The average Bonchev–Trinajstić information content (AvgIpc) is 2.53. The Labute approximate surface area is 168 Å². The van der Waals surface area contributed by atoms with Gasteiger partial charge in [-0.25, -0.2) is 0 Å². The van der Waals surface area contributed by atoms with Crippen molar-refractivity contribution in [1.82, 2.24) is 0 Å². The summed E-state index contributed by atoms with van der Waals surface area (Å²) in [5, 5.41) is 0. The minimum Gasteiger partial charge on any atom is -0.0779 e. The first-order valence-corrected chi connectivity index (χ1v) is 19.0. The molecule has 1 heterocycles. The number of hydrogen-bond donors (Lipinski definition) is 0. The fraction of sp³-hybridized carbons (Fsp3) is 0.783. The highest BCUT2D eigenvalue weighted by Gasteiger charge is 2.27. The van der Waals surface area contributed by atoms with Crippen LogP contribution in [0.1, 0.15) is 76.3 Å². The number of hydrogen-bond acceptors (Lipinski definition) is 0. The number of rotatable bonds is 12. The molecule has 3 heteroatoms. The van der Waals surface area contributed by atoms with Crippen LogP contribution in [0, 0.1) is 0 Å². The van der Waals surface area contributed by atoms with Crippen LogP contribution in [0.2, 0.25) is 39.3 Å². The molecule has 0 spiro atoms. The maximum atomic E-state index is 2.69. The summed E-state index contributed by atoms with van der Waals surface area (Å²) in [6.45, 7) is 20.0. The molecule has 0 aliphatic heterocycles. The zero-order chi connectivity index (χ0) is 19.8. The van der Waals surface area contributed by atoms with Gasteiger partial charge in [0, 0.05) is 0 Å². The van der Waals surface area contributed by atoms with Crippen molar-refractivity contribution in [2.75, 3.05) is 0 Å². The second-order valence-electron chi connectivity index (χ2n) is 10.1. The Morgan fingerprint density at radius 3 is 1.31 bits per heavy atom. The fourth-order valence-corrected chi connectivity index (χ4v) is 10.6. The van der Waals surface area contributed by atoms with E-state index in [9.17, 15) is 0 Å². The summed E-state index contributed by atoms with van der Waals surface area (Å²) in [7, 11) is -0.884. The maximum Gasteiger partial charge on any atom is 0.0838 e. The molecule has 0 amide bonds. The summed E-state index contributed by atoms with van der Waals surface area (Å²) >= 11 is 0. The first-order chi connectivity index (χ1) is 12.1. The molecule has 0 aliphatic carbocycles. The number of aryl methyl sites for hydroxylation is 2. The lowest BCUT2D eigenvalue weighted by molar-refractivity contribution is 0.663. The average molecular weight is 409 g/mol. The topological polar surface area (TPSA) is 0 Å². The van der Waals surface area contributed by atoms with Crippen molar-refractivity contribution in [3.63, 3.8) is 0 Å². The summed E-state index contributed by atoms with van der Waals surface area (Å²) in [6.07, 6.45) is 13.7. The van der Waals surface area contributed by atoms with Gasteiger partial charge >= 0.3 is 0 Å². The summed E-state index contributed by atoms with van der Waals surface area (Å²) in [4.78, 5) is 3.70. The lowest BCUT2D eigenvalue weighted by atomic mass is 10.0. The van der Waals surface area contributed by atoms with E-state index >= 15 is 0 Å². The van der Waals surface area contributed by atoms with Gasteiger partial charge in [0.25, 0.3) is 0 Å². The van der Waals surface area contributed by atoms with Crippen molar-refractivity contribution < 1.29 is 0 Å². The molecule has 1 aromatic rings.